The molecule has 1 aromatic carbocycles. The number of aromatic nitrogens is 1. The van der Waals surface area contributed by atoms with E-state index in [0.29, 0.717) is 0 Å². The van der Waals surface area contributed by atoms with Crippen LogP contribution in [0.15, 0.2) is 36.5 Å². The summed E-state index contributed by atoms with van der Waals surface area (Å²) in [6.07, 6.45) is 1.83. The van der Waals surface area contributed by atoms with Crippen LogP contribution in [-0.2, 0) is 0 Å². The minimum absolute atomic E-state index is 1.10. The van der Waals surface area contributed by atoms with Crippen molar-refractivity contribution in [2.75, 3.05) is 0 Å². The Morgan fingerprint density at radius 3 is 3.00 bits per heavy atom. The molecule has 11 heavy (non-hydrogen) atoms. The Labute approximate surface area is 78.5 Å². The van der Waals surface area contributed by atoms with Crippen LogP contribution in [0, 0.1) is 0 Å². The second kappa shape index (κ2) is 2.81. The average Bonchev–Trinajstić information content (AvgIpc) is 2.04. The summed E-state index contributed by atoms with van der Waals surface area (Å²) >= 11 is 1.45. The van der Waals surface area contributed by atoms with E-state index in [0.717, 1.165) is 5.52 Å². The summed E-state index contributed by atoms with van der Waals surface area (Å²) in [4.78, 5) is 4.26. The molecule has 0 spiro atoms. The second-order valence-electron chi connectivity index (χ2n) is 2.41. The van der Waals surface area contributed by atoms with Crippen LogP contribution in [0.4, 0.5) is 0 Å². The van der Waals surface area contributed by atoms with E-state index in [1.807, 2.05) is 12.3 Å². The van der Waals surface area contributed by atoms with Gasteiger partial charge in [0.25, 0.3) is 0 Å². The molecule has 51 valence electrons. The van der Waals surface area contributed by atoms with Crippen LogP contribution in [0.2, 0.25) is 0 Å². The number of rotatable bonds is 0. The number of hydrogen-bond donors (Lipinski definition) is 0. The van der Waals surface area contributed by atoms with E-state index < -0.39 is 0 Å². The monoisotopic (exact) mass is 248 g/mol. The van der Waals surface area contributed by atoms with Gasteiger partial charge in [0, 0.05) is 0 Å². The van der Waals surface area contributed by atoms with Crippen LogP contribution in [0.5, 0.6) is 0 Å². The number of pyridine rings is 1. The summed E-state index contributed by atoms with van der Waals surface area (Å²) in [5, 5.41) is 1.22. The molecule has 2 heteroatoms. The molecule has 0 bridgehead atoms. The zero-order valence-electron chi connectivity index (χ0n) is 5.91. The number of hydrogen-bond acceptors (Lipinski definition) is 1. The molecule has 0 unspecified atom stereocenters. The zero-order chi connectivity index (χ0) is 7.68. The summed E-state index contributed by atoms with van der Waals surface area (Å²) in [7, 11) is 0. The quantitative estimate of drug-likeness (QED) is 0.633. The van der Waals surface area contributed by atoms with Gasteiger partial charge in [-0.1, -0.05) is 0 Å². The summed E-state index contributed by atoms with van der Waals surface area (Å²) in [5.41, 5.74) is 1.10. The third-order valence-electron chi connectivity index (χ3n) is 1.61. The number of nitrogens with zero attached hydrogens (tertiary/aromatic N) is 1. The molecule has 2 rings (SSSR count). The van der Waals surface area contributed by atoms with Gasteiger partial charge in [-0.25, -0.2) is 0 Å². The van der Waals surface area contributed by atoms with E-state index in [-0.39, 0.29) is 0 Å². The number of fused-ring (bicyclic) bond motifs is 1. The predicted molar refractivity (Wildman–Crippen MR) is 47.1 cm³/mol. The van der Waals surface area contributed by atoms with Gasteiger partial charge < -0.3 is 0 Å². The van der Waals surface area contributed by atoms with E-state index in [2.05, 4.69) is 29.2 Å². The normalized spacial score (nSPS) is 10.3. The molecule has 1 aromatic heterocycles. The molecular weight excluding hydrogens is 241 g/mol. The Balaban J connectivity index is 2.83. The Hall–Kier alpha value is -0.571. The molecule has 0 fully saturated rings. The van der Waals surface area contributed by atoms with Gasteiger partial charge in [0.2, 0.25) is 0 Å². The van der Waals surface area contributed by atoms with Crippen LogP contribution in [0.1, 0.15) is 0 Å². The van der Waals surface area contributed by atoms with E-state index in [4.69, 9.17) is 0 Å². The van der Waals surface area contributed by atoms with Crippen LogP contribution < -0.4 is 3.58 Å². The molecular formula is C9H6NSn. The fourth-order valence-corrected chi connectivity index (χ4v) is 1.69. The SMILES string of the molecule is [Sn][c]1ccc2cccnc2c1. The average molecular weight is 247 g/mol. The van der Waals surface area contributed by atoms with Gasteiger partial charge in [-0.05, 0) is 0 Å². The van der Waals surface area contributed by atoms with E-state index >= 15 is 0 Å². The van der Waals surface area contributed by atoms with Crippen LogP contribution in [-0.4, -0.2) is 27.5 Å². The first kappa shape index (κ1) is 7.10. The first-order chi connectivity index (χ1) is 5.36. The Morgan fingerprint density at radius 1 is 1.18 bits per heavy atom. The molecule has 0 atom stereocenters. The van der Waals surface area contributed by atoms with Crippen LogP contribution >= 0.6 is 0 Å². The van der Waals surface area contributed by atoms with E-state index in [1.54, 1.807) is 0 Å². The third-order valence-corrected chi connectivity index (χ3v) is 2.49. The van der Waals surface area contributed by atoms with Gasteiger partial charge in [0.05, 0.1) is 0 Å². The maximum atomic E-state index is 4.26. The molecule has 0 N–H and O–H groups in total. The standard InChI is InChI=1S/C9H6N.Sn/c1-2-6-9-8(4-1)5-3-7-10-9;/h1,3-7H;. The zero-order valence-corrected chi connectivity index (χ0v) is 8.77. The van der Waals surface area contributed by atoms with E-state index in [1.165, 1.54) is 31.5 Å². The summed E-state index contributed by atoms with van der Waals surface area (Å²) in [5.74, 6) is 0. The molecule has 0 amide bonds. The molecule has 2 aromatic rings. The third kappa shape index (κ3) is 1.38. The summed E-state index contributed by atoms with van der Waals surface area (Å²) in [6.45, 7) is 0. The molecule has 0 aliphatic rings. The Bertz CT molecular complexity index is 384. The van der Waals surface area contributed by atoms with Gasteiger partial charge in [-0.2, -0.15) is 0 Å². The maximum absolute atomic E-state index is 4.26. The van der Waals surface area contributed by atoms with Crippen LogP contribution in [0.3, 0.4) is 0 Å². The van der Waals surface area contributed by atoms with E-state index in [9.17, 15) is 0 Å². The predicted octanol–water partition coefficient (Wildman–Crippen LogP) is 1.03. The van der Waals surface area contributed by atoms with Crippen molar-refractivity contribution in [1.29, 1.82) is 0 Å². The van der Waals surface area contributed by atoms with Gasteiger partial charge in [-0.3, -0.25) is 0 Å². The Kier molecular flexibility index (Phi) is 1.82. The van der Waals surface area contributed by atoms with Crippen molar-refractivity contribution in [2.24, 2.45) is 0 Å². The van der Waals surface area contributed by atoms with Crippen molar-refractivity contribution >= 4 is 37.0 Å². The van der Waals surface area contributed by atoms with Crippen molar-refractivity contribution in [1.82, 2.24) is 4.98 Å². The molecule has 0 saturated carbocycles. The first-order valence-corrected chi connectivity index (χ1v) is 4.85. The molecule has 1 nitrogen and oxygen atoms in total. The Morgan fingerprint density at radius 2 is 2.09 bits per heavy atom. The molecule has 0 aliphatic heterocycles. The van der Waals surface area contributed by atoms with Gasteiger partial charge in [0.15, 0.2) is 0 Å². The minimum atomic E-state index is 1.10. The van der Waals surface area contributed by atoms with Crippen molar-refractivity contribution < 1.29 is 0 Å². The molecule has 1 heterocycles. The van der Waals surface area contributed by atoms with Gasteiger partial charge in [0.1, 0.15) is 0 Å². The van der Waals surface area contributed by atoms with Crippen LogP contribution in [0.25, 0.3) is 10.9 Å². The number of benzene rings is 1. The molecule has 0 saturated heterocycles. The summed E-state index contributed by atoms with van der Waals surface area (Å²) < 4.78 is 1.35. The first-order valence-electron chi connectivity index (χ1n) is 3.43. The summed E-state index contributed by atoms with van der Waals surface area (Å²) in [6, 6.07) is 10.4. The van der Waals surface area contributed by atoms with Crippen molar-refractivity contribution in [3.05, 3.63) is 36.5 Å². The molecule has 3 radical (unpaired) electrons. The molecule has 0 aliphatic carbocycles. The van der Waals surface area contributed by atoms with Gasteiger partial charge >= 0.3 is 78.5 Å². The fourth-order valence-electron chi connectivity index (χ4n) is 1.07. The second-order valence-corrected chi connectivity index (χ2v) is 4.06. The van der Waals surface area contributed by atoms with Crippen molar-refractivity contribution in [3.63, 3.8) is 0 Å². The van der Waals surface area contributed by atoms with Crippen molar-refractivity contribution in [2.45, 2.75) is 0 Å². The van der Waals surface area contributed by atoms with Crippen molar-refractivity contribution in [3.8, 4) is 0 Å². The fraction of sp³-hybridized carbons (Fsp3) is 0. The van der Waals surface area contributed by atoms with Gasteiger partial charge in [-0.15, -0.1) is 0 Å². The topological polar surface area (TPSA) is 12.9 Å².